The molecule has 0 saturated carbocycles. The minimum Gasteiger partial charge on any atom is -0.323 e. The normalized spacial score (nSPS) is 13.5. The van der Waals surface area contributed by atoms with Crippen molar-refractivity contribution < 1.29 is 4.79 Å². The van der Waals surface area contributed by atoms with E-state index in [4.69, 9.17) is 23.2 Å². The fourth-order valence-electron chi connectivity index (χ4n) is 2.12. The van der Waals surface area contributed by atoms with Crippen LogP contribution in [0.4, 0.5) is 5.69 Å². The second kappa shape index (κ2) is 7.63. The largest absolute Gasteiger partial charge is 0.323 e. The van der Waals surface area contributed by atoms with Gasteiger partial charge in [0.05, 0.1) is 16.8 Å². The van der Waals surface area contributed by atoms with E-state index in [0.717, 1.165) is 5.56 Å². The molecule has 0 bridgehead atoms. The van der Waals surface area contributed by atoms with E-state index < -0.39 is 0 Å². The summed E-state index contributed by atoms with van der Waals surface area (Å²) in [5.41, 5.74) is 1.68. The maximum absolute atomic E-state index is 12.3. The molecule has 0 saturated heterocycles. The number of hydrogen-bond acceptors (Lipinski definition) is 2. The van der Waals surface area contributed by atoms with Crippen LogP contribution < -0.4 is 10.6 Å². The van der Waals surface area contributed by atoms with Crippen LogP contribution in [0, 0.1) is 0 Å². The maximum atomic E-state index is 12.3. The fourth-order valence-corrected chi connectivity index (χ4v) is 2.58. The summed E-state index contributed by atoms with van der Waals surface area (Å²) in [4.78, 5) is 12.3. The third-order valence-corrected chi connectivity index (χ3v) is 3.93. The number of nitrogens with one attached hydrogen (secondary N) is 2. The zero-order valence-electron chi connectivity index (χ0n) is 12.4. The summed E-state index contributed by atoms with van der Waals surface area (Å²) in [7, 11) is 0. The zero-order valence-corrected chi connectivity index (χ0v) is 13.9. The summed E-state index contributed by atoms with van der Waals surface area (Å²) in [5.74, 6) is -0.146. The molecule has 0 unspecified atom stereocenters. The second-order valence-electron chi connectivity index (χ2n) is 5.13. The molecule has 0 spiro atoms. The standard InChI is InChI=1S/C17H18Cl2N2O/c1-11(13-6-4-3-5-7-13)20-12(2)17(22)21-16-9-8-14(18)10-15(16)19/h3-12,20H,1-2H3,(H,21,22)/t11-,12+/m1/s1. The van der Waals surface area contributed by atoms with Gasteiger partial charge in [-0.05, 0) is 37.6 Å². The Balaban J connectivity index is 1.97. The van der Waals surface area contributed by atoms with Crippen LogP contribution in [0.25, 0.3) is 0 Å². The fraction of sp³-hybridized carbons (Fsp3) is 0.235. The predicted molar refractivity (Wildman–Crippen MR) is 92.5 cm³/mol. The lowest BCUT2D eigenvalue weighted by atomic mass is 10.1. The van der Waals surface area contributed by atoms with Crippen LogP contribution in [0.15, 0.2) is 48.5 Å². The molecule has 0 aliphatic carbocycles. The van der Waals surface area contributed by atoms with Crippen molar-refractivity contribution in [1.29, 1.82) is 0 Å². The Hall–Kier alpha value is -1.55. The Morgan fingerprint density at radius 1 is 1.05 bits per heavy atom. The van der Waals surface area contributed by atoms with Crippen LogP contribution in [0.3, 0.4) is 0 Å². The molecule has 0 aromatic heterocycles. The quantitative estimate of drug-likeness (QED) is 0.832. The van der Waals surface area contributed by atoms with Gasteiger partial charge >= 0.3 is 0 Å². The van der Waals surface area contributed by atoms with Crippen LogP contribution in [0.2, 0.25) is 10.0 Å². The van der Waals surface area contributed by atoms with E-state index in [1.807, 2.05) is 44.2 Å². The first-order valence-corrected chi connectivity index (χ1v) is 7.80. The van der Waals surface area contributed by atoms with E-state index in [1.54, 1.807) is 18.2 Å². The van der Waals surface area contributed by atoms with Gasteiger partial charge in [0.25, 0.3) is 0 Å². The first-order valence-electron chi connectivity index (χ1n) is 7.04. The molecule has 2 N–H and O–H groups in total. The lowest BCUT2D eigenvalue weighted by Crippen LogP contribution is -2.39. The third kappa shape index (κ3) is 4.47. The van der Waals surface area contributed by atoms with Crippen molar-refractivity contribution in [3.05, 3.63) is 64.1 Å². The van der Waals surface area contributed by atoms with E-state index in [-0.39, 0.29) is 18.0 Å². The van der Waals surface area contributed by atoms with Gasteiger partial charge in [-0.15, -0.1) is 0 Å². The van der Waals surface area contributed by atoms with E-state index in [0.29, 0.717) is 15.7 Å². The van der Waals surface area contributed by atoms with Gasteiger partial charge < -0.3 is 5.32 Å². The van der Waals surface area contributed by atoms with Gasteiger partial charge in [0.1, 0.15) is 0 Å². The molecule has 2 rings (SSSR count). The highest BCUT2D eigenvalue weighted by Gasteiger charge is 2.17. The average Bonchev–Trinajstić information content (AvgIpc) is 2.50. The molecular weight excluding hydrogens is 319 g/mol. The Bertz CT molecular complexity index is 646. The summed E-state index contributed by atoms with van der Waals surface area (Å²) in [6.07, 6.45) is 0. The number of anilines is 1. The van der Waals surface area contributed by atoms with Crippen LogP contribution in [0.1, 0.15) is 25.5 Å². The maximum Gasteiger partial charge on any atom is 0.241 e. The van der Waals surface area contributed by atoms with Crippen molar-refractivity contribution >= 4 is 34.8 Å². The topological polar surface area (TPSA) is 41.1 Å². The number of hydrogen-bond donors (Lipinski definition) is 2. The SMILES string of the molecule is C[C@H](N[C@H](C)c1ccccc1)C(=O)Nc1ccc(Cl)cc1Cl. The van der Waals surface area contributed by atoms with Crippen molar-refractivity contribution in [2.45, 2.75) is 25.9 Å². The van der Waals surface area contributed by atoms with E-state index in [1.165, 1.54) is 0 Å². The Morgan fingerprint density at radius 3 is 2.36 bits per heavy atom. The van der Waals surface area contributed by atoms with Crippen LogP contribution in [0.5, 0.6) is 0 Å². The van der Waals surface area contributed by atoms with Gasteiger partial charge in [0.2, 0.25) is 5.91 Å². The number of amides is 1. The van der Waals surface area contributed by atoms with Gasteiger partial charge in [-0.25, -0.2) is 0 Å². The van der Waals surface area contributed by atoms with E-state index in [9.17, 15) is 4.79 Å². The molecule has 2 aromatic rings. The number of halogens is 2. The molecule has 0 heterocycles. The molecule has 116 valence electrons. The molecule has 5 heteroatoms. The monoisotopic (exact) mass is 336 g/mol. The van der Waals surface area contributed by atoms with Crippen LogP contribution >= 0.6 is 23.2 Å². The minimum atomic E-state index is -0.359. The van der Waals surface area contributed by atoms with Crippen molar-refractivity contribution in [3.63, 3.8) is 0 Å². The Morgan fingerprint density at radius 2 is 1.73 bits per heavy atom. The highest BCUT2D eigenvalue weighted by Crippen LogP contribution is 2.25. The molecule has 3 nitrogen and oxygen atoms in total. The highest BCUT2D eigenvalue weighted by molar-refractivity contribution is 6.36. The molecular formula is C17H18Cl2N2O. The predicted octanol–water partition coefficient (Wildman–Crippen LogP) is 4.67. The molecule has 2 atom stereocenters. The number of carbonyl (C=O) groups excluding carboxylic acids is 1. The first kappa shape index (κ1) is 16.8. The van der Waals surface area contributed by atoms with Gasteiger partial charge in [0.15, 0.2) is 0 Å². The molecule has 0 aliphatic heterocycles. The number of benzene rings is 2. The lowest BCUT2D eigenvalue weighted by Gasteiger charge is -2.20. The summed E-state index contributed by atoms with van der Waals surface area (Å²) in [6.45, 7) is 3.84. The first-order chi connectivity index (χ1) is 10.5. The van der Waals surface area contributed by atoms with E-state index >= 15 is 0 Å². The van der Waals surface area contributed by atoms with Crippen LogP contribution in [-0.4, -0.2) is 11.9 Å². The van der Waals surface area contributed by atoms with Gasteiger partial charge in [0, 0.05) is 11.1 Å². The lowest BCUT2D eigenvalue weighted by molar-refractivity contribution is -0.117. The zero-order chi connectivity index (χ0) is 16.1. The van der Waals surface area contributed by atoms with Crippen molar-refractivity contribution in [1.82, 2.24) is 5.32 Å². The van der Waals surface area contributed by atoms with Gasteiger partial charge in [-0.2, -0.15) is 0 Å². The number of carbonyl (C=O) groups is 1. The minimum absolute atomic E-state index is 0.0719. The molecule has 2 aromatic carbocycles. The summed E-state index contributed by atoms with van der Waals surface area (Å²) >= 11 is 11.9. The smallest absolute Gasteiger partial charge is 0.241 e. The second-order valence-corrected chi connectivity index (χ2v) is 5.98. The summed E-state index contributed by atoms with van der Waals surface area (Å²) < 4.78 is 0. The van der Waals surface area contributed by atoms with Crippen LogP contribution in [-0.2, 0) is 4.79 Å². The molecule has 0 fully saturated rings. The third-order valence-electron chi connectivity index (χ3n) is 3.38. The van der Waals surface area contributed by atoms with Crippen molar-refractivity contribution in [3.8, 4) is 0 Å². The Kier molecular flexibility index (Phi) is 5.83. The van der Waals surface area contributed by atoms with Gasteiger partial charge in [-0.1, -0.05) is 53.5 Å². The molecule has 22 heavy (non-hydrogen) atoms. The molecule has 0 radical (unpaired) electrons. The highest BCUT2D eigenvalue weighted by atomic mass is 35.5. The molecule has 1 amide bonds. The van der Waals surface area contributed by atoms with Crippen molar-refractivity contribution in [2.24, 2.45) is 0 Å². The van der Waals surface area contributed by atoms with E-state index in [2.05, 4.69) is 10.6 Å². The molecule has 0 aliphatic rings. The summed E-state index contributed by atoms with van der Waals surface area (Å²) in [6, 6.07) is 14.7. The summed E-state index contributed by atoms with van der Waals surface area (Å²) in [5, 5.41) is 7.02. The Labute approximate surface area is 140 Å². The van der Waals surface area contributed by atoms with Gasteiger partial charge in [-0.3, -0.25) is 10.1 Å². The average molecular weight is 337 g/mol. The van der Waals surface area contributed by atoms with Crippen molar-refractivity contribution in [2.75, 3.05) is 5.32 Å². The number of rotatable bonds is 5.